The Hall–Kier alpha value is -2.40. The van der Waals surface area contributed by atoms with Crippen LogP contribution in [0, 0.1) is 17.0 Å². The topological polar surface area (TPSA) is 64.4 Å². The van der Waals surface area contributed by atoms with Gasteiger partial charge >= 0.3 is 0 Å². The van der Waals surface area contributed by atoms with Crippen molar-refractivity contribution in [2.24, 2.45) is 0 Å². The third kappa shape index (κ3) is 3.33. The summed E-state index contributed by atoms with van der Waals surface area (Å²) >= 11 is 0. The molecule has 0 atom stereocenters. The number of nitrogens with zero attached hydrogens (tertiary/aromatic N) is 1. The Morgan fingerprint density at radius 1 is 1.25 bits per heavy atom. The van der Waals surface area contributed by atoms with Crippen molar-refractivity contribution >= 4 is 17.1 Å². The van der Waals surface area contributed by atoms with Crippen molar-refractivity contribution in [2.45, 2.75) is 13.5 Å². The Kier molecular flexibility index (Phi) is 4.32. The molecule has 2 rings (SSSR count). The summed E-state index contributed by atoms with van der Waals surface area (Å²) in [7, 11) is 1.63. The number of hydrogen-bond acceptors (Lipinski definition) is 4. The molecule has 5 nitrogen and oxygen atoms in total. The first kappa shape index (κ1) is 14.0. The summed E-state index contributed by atoms with van der Waals surface area (Å²) in [6.45, 7) is 2.33. The van der Waals surface area contributed by atoms with Gasteiger partial charge in [-0.3, -0.25) is 10.1 Å². The monoisotopic (exact) mass is 272 g/mol. The van der Waals surface area contributed by atoms with Gasteiger partial charge in [0, 0.05) is 18.9 Å². The minimum atomic E-state index is -0.381. The number of ether oxygens (including phenoxy) is 1. The molecule has 5 heteroatoms. The minimum Gasteiger partial charge on any atom is -0.380 e. The van der Waals surface area contributed by atoms with Gasteiger partial charge in [0.15, 0.2) is 0 Å². The highest BCUT2D eigenvalue weighted by molar-refractivity contribution is 5.70. The molecular formula is C15H16N2O3. The van der Waals surface area contributed by atoms with Gasteiger partial charge in [-0.1, -0.05) is 18.2 Å². The molecule has 20 heavy (non-hydrogen) atoms. The van der Waals surface area contributed by atoms with E-state index in [0.717, 1.165) is 16.8 Å². The van der Waals surface area contributed by atoms with Crippen molar-refractivity contribution in [3.05, 3.63) is 63.7 Å². The van der Waals surface area contributed by atoms with Crippen LogP contribution in [0.3, 0.4) is 0 Å². The Labute approximate surface area is 117 Å². The Balaban J connectivity index is 2.30. The molecule has 0 unspecified atom stereocenters. The van der Waals surface area contributed by atoms with Crippen LogP contribution in [-0.2, 0) is 11.3 Å². The molecule has 0 aliphatic carbocycles. The van der Waals surface area contributed by atoms with Gasteiger partial charge in [0.1, 0.15) is 5.69 Å². The molecule has 0 fully saturated rings. The van der Waals surface area contributed by atoms with E-state index in [2.05, 4.69) is 5.32 Å². The molecule has 0 aliphatic heterocycles. The summed E-state index contributed by atoms with van der Waals surface area (Å²) in [5, 5.41) is 14.2. The number of methoxy groups -OCH3 is 1. The normalized spacial score (nSPS) is 10.3. The molecule has 0 aromatic heterocycles. The average molecular weight is 272 g/mol. The molecule has 2 aromatic rings. The molecule has 0 saturated heterocycles. The Morgan fingerprint density at radius 2 is 2.05 bits per heavy atom. The van der Waals surface area contributed by atoms with Gasteiger partial charge in [0.25, 0.3) is 5.69 Å². The number of rotatable bonds is 5. The maximum atomic E-state index is 11.1. The molecule has 0 saturated carbocycles. The lowest BCUT2D eigenvalue weighted by atomic mass is 10.1. The molecule has 2 aromatic carbocycles. The van der Waals surface area contributed by atoms with Gasteiger partial charge in [-0.2, -0.15) is 0 Å². The van der Waals surface area contributed by atoms with Crippen LogP contribution in [0.4, 0.5) is 17.1 Å². The van der Waals surface area contributed by atoms with Crippen molar-refractivity contribution < 1.29 is 9.66 Å². The lowest BCUT2D eigenvalue weighted by molar-refractivity contribution is -0.384. The van der Waals surface area contributed by atoms with Gasteiger partial charge in [-0.05, 0) is 36.2 Å². The van der Waals surface area contributed by atoms with Crippen molar-refractivity contribution in [1.29, 1.82) is 0 Å². The Bertz CT molecular complexity index is 626. The van der Waals surface area contributed by atoms with E-state index in [9.17, 15) is 10.1 Å². The number of benzene rings is 2. The molecule has 0 radical (unpaired) electrons. The van der Waals surface area contributed by atoms with Crippen molar-refractivity contribution in [3.8, 4) is 0 Å². The predicted molar refractivity (Wildman–Crippen MR) is 78.3 cm³/mol. The molecule has 0 spiro atoms. The van der Waals surface area contributed by atoms with Crippen LogP contribution in [0.2, 0.25) is 0 Å². The van der Waals surface area contributed by atoms with Crippen molar-refractivity contribution in [1.82, 2.24) is 0 Å². The average Bonchev–Trinajstić information content (AvgIpc) is 2.41. The molecule has 0 amide bonds. The van der Waals surface area contributed by atoms with E-state index in [1.807, 2.05) is 37.3 Å². The summed E-state index contributed by atoms with van der Waals surface area (Å²) in [4.78, 5) is 10.7. The third-order valence-corrected chi connectivity index (χ3v) is 2.87. The van der Waals surface area contributed by atoms with E-state index in [4.69, 9.17) is 4.74 Å². The molecule has 1 N–H and O–H groups in total. The van der Waals surface area contributed by atoms with Crippen LogP contribution in [0.1, 0.15) is 11.1 Å². The van der Waals surface area contributed by atoms with Gasteiger partial charge in [0.2, 0.25) is 0 Å². The lowest BCUT2D eigenvalue weighted by Gasteiger charge is -2.09. The molecular weight excluding hydrogens is 256 g/mol. The standard InChI is InChI=1S/C15H16N2O3/c1-11-6-7-14(15(8-11)17(18)19)16-13-5-3-4-12(9-13)10-20-2/h3-9,16H,10H2,1-2H3. The van der Waals surface area contributed by atoms with E-state index in [0.29, 0.717) is 12.3 Å². The van der Waals surface area contributed by atoms with Crippen LogP contribution < -0.4 is 5.32 Å². The Morgan fingerprint density at radius 3 is 2.75 bits per heavy atom. The SMILES string of the molecule is COCc1cccc(Nc2ccc(C)cc2[N+](=O)[O-])c1. The zero-order valence-electron chi connectivity index (χ0n) is 11.4. The highest BCUT2D eigenvalue weighted by atomic mass is 16.6. The fourth-order valence-electron chi connectivity index (χ4n) is 1.96. The third-order valence-electron chi connectivity index (χ3n) is 2.87. The minimum absolute atomic E-state index is 0.0714. The molecule has 0 bridgehead atoms. The predicted octanol–water partition coefficient (Wildman–Crippen LogP) is 3.79. The first-order valence-corrected chi connectivity index (χ1v) is 6.20. The van der Waals surface area contributed by atoms with Gasteiger partial charge in [-0.15, -0.1) is 0 Å². The van der Waals surface area contributed by atoms with E-state index in [1.54, 1.807) is 19.2 Å². The largest absolute Gasteiger partial charge is 0.380 e. The summed E-state index contributed by atoms with van der Waals surface area (Å²) in [5.41, 5.74) is 3.21. The summed E-state index contributed by atoms with van der Waals surface area (Å²) in [5.74, 6) is 0. The maximum absolute atomic E-state index is 11.1. The quantitative estimate of drug-likeness (QED) is 0.664. The van der Waals surface area contributed by atoms with E-state index < -0.39 is 0 Å². The van der Waals surface area contributed by atoms with Gasteiger partial charge in [-0.25, -0.2) is 0 Å². The van der Waals surface area contributed by atoms with Crippen LogP contribution in [-0.4, -0.2) is 12.0 Å². The molecule has 0 aliphatic rings. The number of hydrogen-bond donors (Lipinski definition) is 1. The van der Waals surface area contributed by atoms with E-state index in [1.165, 1.54) is 0 Å². The first-order chi connectivity index (χ1) is 9.60. The van der Waals surface area contributed by atoms with Crippen LogP contribution in [0.15, 0.2) is 42.5 Å². The number of nitro benzene ring substituents is 1. The second kappa shape index (κ2) is 6.16. The second-order valence-corrected chi connectivity index (χ2v) is 4.54. The second-order valence-electron chi connectivity index (χ2n) is 4.54. The molecule has 0 heterocycles. The van der Waals surface area contributed by atoms with Crippen molar-refractivity contribution in [3.63, 3.8) is 0 Å². The van der Waals surface area contributed by atoms with Gasteiger partial charge < -0.3 is 10.1 Å². The zero-order valence-corrected chi connectivity index (χ0v) is 11.4. The first-order valence-electron chi connectivity index (χ1n) is 6.20. The number of anilines is 2. The van der Waals surface area contributed by atoms with E-state index >= 15 is 0 Å². The lowest BCUT2D eigenvalue weighted by Crippen LogP contribution is -1.98. The number of nitro groups is 1. The van der Waals surface area contributed by atoms with Gasteiger partial charge in [0.05, 0.1) is 11.5 Å². The van der Waals surface area contributed by atoms with Crippen LogP contribution in [0.5, 0.6) is 0 Å². The zero-order chi connectivity index (χ0) is 14.5. The fourth-order valence-corrected chi connectivity index (χ4v) is 1.96. The van der Waals surface area contributed by atoms with Crippen LogP contribution >= 0.6 is 0 Å². The smallest absolute Gasteiger partial charge is 0.292 e. The summed E-state index contributed by atoms with van der Waals surface area (Å²) in [6, 6.07) is 12.7. The fraction of sp³-hybridized carbons (Fsp3) is 0.200. The van der Waals surface area contributed by atoms with Crippen LogP contribution in [0.25, 0.3) is 0 Å². The highest BCUT2D eigenvalue weighted by Crippen LogP contribution is 2.28. The summed E-state index contributed by atoms with van der Waals surface area (Å²) in [6.07, 6.45) is 0. The maximum Gasteiger partial charge on any atom is 0.292 e. The molecule has 104 valence electrons. The summed E-state index contributed by atoms with van der Waals surface area (Å²) < 4.78 is 5.07. The highest BCUT2D eigenvalue weighted by Gasteiger charge is 2.13. The number of aryl methyl sites for hydroxylation is 1. The van der Waals surface area contributed by atoms with Crippen molar-refractivity contribution in [2.75, 3.05) is 12.4 Å². The number of nitrogens with one attached hydrogen (secondary N) is 1. The van der Waals surface area contributed by atoms with E-state index in [-0.39, 0.29) is 10.6 Å².